The van der Waals surface area contributed by atoms with Crippen LogP contribution in [0, 0.1) is 5.92 Å². The molecule has 0 saturated heterocycles. The molecular formula is C14H23NO2. The van der Waals surface area contributed by atoms with E-state index in [1.165, 1.54) is 49.2 Å². The summed E-state index contributed by atoms with van der Waals surface area (Å²) in [5.74, 6) is 0.273. The van der Waals surface area contributed by atoms with Gasteiger partial charge in [0.2, 0.25) is 0 Å². The lowest BCUT2D eigenvalue weighted by molar-refractivity contribution is -0.136. The largest absolute Gasteiger partial charge is 0.275 e. The van der Waals surface area contributed by atoms with Crippen molar-refractivity contribution in [3.63, 3.8) is 0 Å². The van der Waals surface area contributed by atoms with Gasteiger partial charge in [-0.05, 0) is 12.3 Å². The molecule has 1 unspecified atom stereocenters. The third kappa shape index (κ3) is 4.72. The smallest absolute Gasteiger partial charge is 0.253 e. The lowest BCUT2D eigenvalue weighted by atomic mass is 9.99. The van der Waals surface area contributed by atoms with Crippen LogP contribution in [0.1, 0.15) is 52.4 Å². The van der Waals surface area contributed by atoms with Gasteiger partial charge in [-0.2, -0.15) is 0 Å². The lowest BCUT2D eigenvalue weighted by Gasteiger charge is -2.17. The Morgan fingerprint density at radius 2 is 1.71 bits per heavy atom. The summed E-state index contributed by atoms with van der Waals surface area (Å²) in [6.07, 6.45) is 9.95. The molecule has 1 aliphatic rings. The van der Waals surface area contributed by atoms with Crippen molar-refractivity contribution in [1.82, 2.24) is 4.90 Å². The number of amides is 2. The Labute approximate surface area is 104 Å². The van der Waals surface area contributed by atoms with Gasteiger partial charge in [-0.15, -0.1) is 0 Å². The van der Waals surface area contributed by atoms with Crippen molar-refractivity contribution in [2.45, 2.75) is 52.4 Å². The zero-order chi connectivity index (χ0) is 12.7. The summed E-state index contributed by atoms with van der Waals surface area (Å²) in [4.78, 5) is 24.0. The first-order valence-electron chi connectivity index (χ1n) is 6.68. The monoisotopic (exact) mass is 237 g/mol. The SMILES string of the molecule is CCCCCCC(C)CCN1C(=O)C=CC1=O. The van der Waals surface area contributed by atoms with Crippen molar-refractivity contribution in [2.75, 3.05) is 6.54 Å². The number of carbonyl (C=O) groups is 2. The van der Waals surface area contributed by atoms with Gasteiger partial charge in [0.05, 0.1) is 0 Å². The third-order valence-electron chi connectivity index (χ3n) is 3.30. The molecule has 1 rings (SSSR count). The highest BCUT2D eigenvalue weighted by Gasteiger charge is 2.22. The Bertz CT molecular complexity index is 279. The third-order valence-corrected chi connectivity index (χ3v) is 3.30. The molecule has 1 atom stereocenters. The average molecular weight is 237 g/mol. The van der Waals surface area contributed by atoms with E-state index < -0.39 is 0 Å². The first-order chi connectivity index (χ1) is 8.15. The van der Waals surface area contributed by atoms with Gasteiger partial charge in [0.1, 0.15) is 0 Å². The van der Waals surface area contributed by atoms with Crippen LogP contribution in [0.4, 0.5) is 0 Å². The molecule has 3 heteroatoms. The van der Waals surface area contributed by atoms with Gasteiger partial charge in [-0.1, -0.05) is 46.0 Å². The van der Waals surface area contributed by atoms with Crippen molar-refractivity contribution >= 4 is 11.8 Å². The molecule has 0 spiro atoms. The van der Waals surface area contributed by atoms with Gasteiger partial charge in [-0.25, -0.2) is 0 Å². The molecule has 0 radical (unpaired) electrons. The zero-order valence-corrected chi connectivity index (χ0v) is 10.9. The fraction of sp³-hybridized carbons (Fsp3) is 0.714. The van der Waals surface area contributed by atoms with Crippen molar-refractivity contribution in [3.8, 4) is 0 Å². The maximum atomic E-state index is 11.3. The second-order valence-electron chi connectivity index (χ2n) is 4.90. The molecule has 0 bridgehead atoms. The highest BCUT2D eigenvalue weighted by molar-refractivity contribution is 6.12. The van der Waals surface area contributed by atoms with Crippen LogP contribution in [0.2, 0.25) is 0 Å². The quantitative estimate of drug-likeness (QED) is 0.481. The zero-order valence-electron chi connectivity index (χ0n) is 10.9. The van der Waals surface area contributed by atoms with E-state index in [1.54, 1.807) is 0 Å². The van der Waals surface area contributed by atoms with Crippen LogP contribution in [-0.2, 0) is 9.59 Å². The molecule has 0 aromatic carbocycles. The molecule has 2 amide bonds. The Morgan fingerprint density at radius 1 is 1.06 bits per heavy atom. The van der Waals surface area contributed by atoms with Gasteiger partial charge in [0.25, 0.3) is 11.8 Å². The number of unbranched alkanes of at least 4 members (excludes halogenated alkanes) is 3. The summed E-state index contributed by atoms with van der Waals surface area (Å²) in [5, 5.41) is 0. The summed E-state index contributed by atoms with van der Waals surface area (Å²) < 4.78 is 0. The first kappa shape index (κ1) is 13.9. The van der Waals surface area contributed by atoms with Crippen LogP contribution in [0.15, 0.2) is 12.2 Å². The van der Waals surface area contributed by atoms with E-state index >= 15 is 0 Å². The average Bonchev–Trinajstić information content (AvgIpc) is 2.62. The second-order valence-corrected chi connectivity index (χ2v) is 4.90. The molecule has 1 heterocycles. The van der Waals surface area contributed by atoms with Crippen LogP contribution in [-0.4, -0.2) is 23.3 Å². The summed E-state index contributed by atoms with van der Waals surface area (Å²) in [5.41, 5.74) is 0. The minimum Gasteiger partial charge on any atom is -0.275 e. The highest BCUT2D eigenvalue weighted by Crippen LogP contribution is 2.15. The van der Waals surface area contributed by atoms with E-state index in [9.17, 15) is 9.59 Å². The van der Waals surface area contributed by atoms with Crippen molar-refractivity contribution in [2.24, 2.45) is 5.92 Å². The van der Waals surface area contributed by atoms with E-state index in [0.717, 1.165) is 6.42 Å². The number of imide groups is 1. The Kier molecular flexibility index (Phi) is 5.95. The van der Waals surface area contributed by atoms with Gasteiger partial charge in [0, 0.05) is 18.7 Å². The molecular weight excluding hydrogens is 214 g/mol. The number of nitrogens with zero attached hydrogens (tertiary/aromatic N) is 1. The molecule has 96 valence electrons. The van der Waals surface area contributed by atoms with Crippen molar-refractivity contribution in [3.05, 3.63) is 12.2 Å². The minimum absolute atomic E-state index is 0.159. The van der Waals surface area contributed by atoms with Gasteiger partial charge < -0.3 is 0 Å². The van der Waals surface area contributed by atoms with Crippen molar-refractivity contribution < 1.29 is 9.59 Å². The Hall–Kier alpha value is -1.12. The lowest BCUT2D eigenvalue weighted by Crippen LogP contribution is -2.31. The maximum absolute atomic E-state index is 11.3. The second kappa shape index (κ2) is 7.25. The number of carbonyl (C=O) groups excluding carboxylic acids is 2. The molecule has 0 aromatic rings. The summed E-state index contributed by atoms with van der Waals surface area (Å²) >= 11 is 0. The van der Waals surface area contributed by atoms with E-state index in [2.05, 4.69) is 13.8 Å². The maximum Gasteiger partial charge on any atom is 0.253 e. The summed E-state index contributed by atoms with van der Waals surface area (Å²) in [6.45, 7) is 4.98. The summed E-state index contributed by atoms with van der Waals surface area (Å²) in [7, 11) is 0. The predicted octanol–water partition coefficient (Wildman–Crippen LogP) is 2.91. The van der Waals surface area contributed by atoms with Crippen molar-refractivity contribution in [1.29, 1.82) is 0 Å². The van der Waals surface area contributed by atoms with Gasteiger partial charge in [0.15, 0.2) is 0 Å². The fourth-order valence-electron chi connectivity index (χ4n) is 2.06. The number of hydrogen-bond acceptors (Lipinski definition) is 2. The van der Waals surface area contributed by atoms with E-state index in [4.69, 9.17) is 0 Å². The molecule has 1 aliphatic heterocycles. The molecule has 0 N–H and O–H groups in total. The number of hydrogen-bond donors (Lipinski definition) is 0. The van der Waals surface area contributed by atoms with E-state index in [0.29, 0.717) is 12.5 Å². The normalized spacial score (nSPS) is 16.9. The Balaban J connectivity index is 2.13. The van der Waals surface area contributed by atoms with Gasteiger partial charge in [-0.3, -0.25) is 14.5 Å². The predicted molar refractivity (Wildman–Crippen MR) is 68.4 cm³/mol. The topological polar surface area (TPSA) is 37.4 Å². The van der Waals surface area contributed by atoms with Crippen LogP contribution in [0.5, 0.6) is 0 Å². The van der Waals surface area contributed by atoms with Crippen LogP contribution in [0.3, 0.4) is 0 Å². The van der Waals surface area contributed by atoms with Crippen LogP contribution >= 0.6 is 0 Å². The molecule has 17 heavy (non-hydrogen) atoms. The highest BCUT2D eigenvalue weighted by atomic mass is 16.2. The van der Waals surface area contributed by atoms with Gasteiger partial charge >= 0.3 is 0 Å². The molecule has 0 aliphatic carbocycles. The first-order valence-corrected chi connectivity index (χ1v) is 6.68. The van der Waals surface area contributed by atoms with E-state index in [1.807, 2.05) is 0 Å². The minimum atomic E-state index is -0.159. The molecule has 3 nitrogen and oxygen atoms in total. The number of rotatable bonds is 8. The van der Waals surface area contributed by atoms with E-state index in [-0.39, 0.29) is 11.8 Å². The van der Waals surface area contributed by atoms with Crippen LogP contribution < -0.4 is 0 Å². The molecule has 0 fully saturated rings. The summed E-state index contributed by atoms with van der Waals surface area (Å²) in [6, 6.07) is 0. The Morgan fingerprint density at radius 3 is 2.29 bits per heavy atom. The van der Waals surface area contributed by atoms with Crippen LogP contribution in [0.25, 0.3) is 0 Å². The molecule has 0 aromatic heterocycles. The standard InChI is InChI=1S/C14H23NO2/c1-3-4-5-6-7-12(2)10-11-15-13(16)8-9-14(15)17/h8-9,12H,3-7,10-11H2,1-2H3. The molecule has 0 saturated carbocycles. The fourth-order valence-corrected chi connectivity index (χ4v) is 2.06.